The predicted octanol–water partition coefficient (Wildman–Crippen LogP) is 4.90. The summed E-state index contributed by atoms with van der Waals surface area (Å²) in [7, 11) is 2.05. The molecule has 1 aliphatic rings. The van der Waals surface area contributed by atoms with Crippen LogP contribution in [-0.2, 0) is 4.84 Å². The Morgan fingerprint density at radius 2 is 1.68 bits per heavy atom. The molecule has 0 amide bonds. The predicted molar refractivity (Wildman–Crippen MR) is 130 cm³/mol. The Labute approximate surface area is 198 Å². The third-order valence-corrected chi connectivity index (χ3v) is 6.21. The van der Waals surface area contributed by atoms with Crippen molar-refractivity contribution in [1.29, 1.82) is 0 Å². The molecule has 1 aromatic heterocycles. The van der Waals surface area contributed by atoms with Gasteiger partial charge in [-0.15, -0.1) is 0 Å². The van der Waals surface area contributed by atoms with Gasteiger partial charge in [-0.3, -0.25) is 9.36 Å². The third kappa shape index (κ3) is 5.09. The number of aromatic nitrogens is 1. The molecule has 0 saturated carbocycles. The van der Waals surface area contributed by atoms with Crippen LogP contribution < -0.4 is 5.56 Å². The van der Waals surface area contributed by atoms with Gasteiger partial charge in [-0.2, -0.15) is 0 Å². The van der Waals surface area contributed by atoms with Crippen molar-refractivity contribution in [3.8, 4) is 5.69 Å². The molecule has 5 nitrogen and oxygen atoms in total. The number of benzene rings is 2. The van der Waals surface area contributed by atoms with Crippen LogP contribution in [-0.4, -0.2) is 41.4 Å². The average Bonchev–Trinajstić information content (AvgIpc) is 2.77. The van der Waals surface area contributed by atoms with E-state index in [9.17, 15) is 13.6 Å². The molecule has 1 fully saturated rings. The number of hydrogen-bond donors (Lipinski definition) is 0. The second kappa shape index (κ2) is 9.89. The summed E-state index contributed by atoms with van der Waals surface area (Å²) in [5.41, 5.74) is 4.38. The van der Waals surface area contributed by atoms with Gasteiger partial charge in [-0.25, -0.2) is 8.78 Å². The highest BCUT2D eigenvalue weighted by atomic mass is 19.1. The van der Waals surface area contributed by atoms with Gasteiger partial charge in [-0.1, -0.05) is 22.9 Å². The summed E-state index contributed by atoms with van der Waals surface area (Å²) in [6, 6.07) is 10.4. The van der Waals surface area contributed by atoms with Crippen molar-refractivity contribution < 1.29 is 13.6 Å². The highest BCUT2D eigenvalue weighted by Gasteiger charge is 2.21. The van der Waals surface area contributed by atoms with Gasteiger partial charge in [0.25, 0.3) is 5.56 Å². The Balaban J connectivity index is 1.81. The quantitative estimate of drug-likeness (QED) is 0.398. The molecule has 4 rings (SSSR count). The minimum Gasteiger partial charge on any atom is -0.392 e. The molecular formula is C27H29F2N3O2. The molecule has 2 heterocycles. The van der Waals surface area contributed by atoms with Crippen LogP contribution >= 0.6 is 0 Å². The smallest absolute Gasteiger partial charge is 0.255 e. The van der Waals surface area contributed by atoms with E-state index in [2.05, 4.69) is 17.1 Å². The largest absolute Gasteiger partial charge is 0.392 e. The van der Waals surface area contributed by atoms with Gasteiger partial charge in [-0.05, 0) is 70.0 Å². The summed E-state index contributed by atoms with van der Waals surface area (Å²) in [6.45, 7) is 7.68. The van der Waals surface area contributed by atoms with E-state index in [1.165, 1.54) is 18.2 Å². The zero-order chi connectivity index (χ0) is 24.4. The molecule has 1 aliphatic heterocycles. The zero-order valence-electron chi connectivity index (χ0n) is 19.9. The van der Waals surface area contributed by atoms with Gasteiger partial charge in [0, 0.05) is 42.5 Å². The minimum absolute atomic E-state index is 0.0952. The summed E-state index contributed by atoms with van der Waals surface area (Å²) in [4.78, 5) is 20.9. The fourth-order valence-corrected chi connectivity index (χ4v) is 4.51. The first-order chi connectivity index (χ1) is 16.2. The fourth-order valence-electron chi connectivity index (χ4n) is 4.51. The van der Waals surface area contributed by atoms with E-state index in [1.807, 2.05) is 32.9 Å². The Morgan fingerprint density at radius 1 is 1.00 bits per heavy atom. The fraction of sp³-hybridized carbons (Fsp3) is 0.333. The van der Waals surface area contributed by atoms with Crippen molar-refractivity contribution in [3.05, 3.63) is 98.5 Å². The topological polar surface area (TPSA) is 46.8 Å². The number of oxime groups is 1. The lowest BCUT2D eigenvalue weighted by atomic mass is 10.0. The standard InChI is InChI=1S/C27H29F2N3O2/c1-17-13-18(2)27(19(3)14-17)32-16-20(5-8-25(32)33)26(23-7-6-21(28)15-24(23)29)30-34-22-9-11-31(4)12-10-22/h5-8,13-16,22H,9-12H2,1-4H3/b30-26-. The lowest BCUT2D eigenvalue weighted by molar-refractivity contribution is 0.0163. The lowest BCUT2D eigenvalue weighted by Gasteiger charge is -2.27. The maximum Gasteiger partial charge on any atom is 0.255 e. The SMILES string of the molecule is Cc1cc(C)c(-n2cc(/C(=N/OC3CCN(C)CC3)c3ccc(F)cc3F)ccc2=O)c(C)c1. The van der Waals surface area contributed by atoms with Gasteiger partial charge >= 0.3 is 0 Å². The van der Waals surface area contributed by atoms with E-state index in [0.29, 0.717) is 5.56 Å². The van der Waals surface area contributed by atoms with Crippen LogP contribution in [0.5, 0.6) is 0 Å². The van der Waals surface area contributed by atoms with Crippen LogP contribution in [0.1, 0.15) is 40.7 Å². The van der Waals surface area contributed by atoms with Crippen LogP contribution in [0, 0.1) is 32.4 Å². The number of pyridine rings is 1. The van der Waals surface area contributed by atoms with Gasteiger partial charge in [0.1, 0.15) is 23.5 Å². The van der Waals surface area contributed by atoms with Gasteiger partial charge in [0.15, 0.2) is 0 Å². The van der Waals surface area contributed by atoms with E-state index in [-0.39, 0.29) is 22.9 Å². The Kier molecular flexibility index (Phi) is 6.93. The number of hydrogen-bond acceptors (Lipinski definition) is 4. The third-order valence-electron chi connectivity index (χ3n) is 6.21. The first kappa shape index (κ1) is 23.8. The molecule has 0 N–H and O–H groups in total. The number of likely N-dealkylation sites (tertiary alicyclic amines) is 1. The molecule has 0 bridgehead atoms. The Morgan fingerprint density at radius 3 is 2.32 bits per heavy atom. The molecule has 0 atom stereocenters. The molecule has 178 valence electrons. The van der Waals surface area contributed by atoms with Crippen LogP contribution in [0.15, 0.2) is 58.6 Å². The number of aryl methyl sites for hydroxylation is 3. The number of piperidine rings is 1. The maximum absolute atomic E-state index is 14.8. The number of nitrogens with zero attached hydrogens (tertiary/aromatic N) is 3. The highest BCUT2D eigenvalue weighted by molar-refractivity contribution is 6.12. The van der Waals surface area contributed by atoms with Crippen LogP contribution in [0.3, 0.4) is 0 Å². The van der Waals surface area contributed by atoms with Crippen LogP contribution in [0.2, 0.25) is 0 Å². The maximum atomic E-state index is 14.8. The molecule has 0 spiro atoms. The van der Waals surface area contributed by atoms with E-state index in [0.717, 1.165) is 54.4 Å². The van der Waals surface area contributed by atoms with Gasteiger partial charge in [0.2, 0.25) is 0 Å². The summed E-state index contributed by atoms with van der Waals surface area (Å²) >= 11 is 0. The van der Waals surface area contributed by atoms with E-state index >= 15 is 0 Å². The second-order valence-corrected chi connectivity index (χ2v) is 9.05. The summed E-state index contributed by atoms with van der Waals surface area (Å²) in [5.74, 6) is -1.42. The molecule has 3 aromatic rings. The normalized spacial score (nSPS) is 15.5. The molecule has 0 aliphatic carbocycles. The highest BCUT2D eigenvalue weighted by Crippen LogP contribution is 2.22. The summed E-state index contributed by atoms with van der Waals surface area (Å²) in [6.07, 6.45) is 3.16. The monoisotopic (exact) mass is 465 g/mol. The first-order valence-corrected chi connectivity index (χ1v) is 11.4. The summed E-state index contributed by atoms with van der Waals surface area (Å²) in [5, 5.41) is 4.35. The minimum atomic E-state index is -0.744. The molecule has 7 heteroatoms. The van der Waals surface area contributed by atoms with Crippen LogP contribution in [0.25, 0.3) is 5.69 Å². The number of rotatable bonds is 5. The molecule has 0 radical (unpaired) electrons. The zero-order valence-corrected chi connectivity index (χ0v) is 19.9. The second-order valence-electron chi connectivity index (χ2n) is 9.05. The molecule has 1 saturated heterocycles. The Hall–Kier alpha value is -3.32. The van der Waals surface area contributed by atoms with Crippen LogP contribution in [0.4, 0.5) is 8.78 Å². The van der Waals surface area contributed by atoms with Gasteiger partial charge < -0.3 is 9.74 Å². The molecule has 2 aromatic carbocycles. The van der Waals surface area contributed by atoms with Crippen molar-refractivity contribution in [3.63, 3.8) is 0 Å². The summed E-state index contributed by atoms with van der Waals surface area (Å²) < 4.78 is 30.0. The molecule has 0 unspecified atom stereocenters. The van der Waals surface area contributed by atoms with E-state index in [1.54, 1.807) is 16.8 Å². The molecular weight excluding hydrogens is 436 g/mol. The van der Waals surface area contributed by atoms with Crippen molar-refractivity contribution in [1.82, 2.24) is 9.47 Å². The van der Waals surface area contributed by atoms with Crippen molar-refractivity contribution in [2.24, 2.45) is 5.16 Å². The molecule has 34 heavy (non-hydrogen) atoms. The van der Waals surface area contributed by atoms with Gasteiger partial charge in [0.05, 0.1) is 5.69 Å². The van der Waals surface area contributed by atoms with E-state index in [4.69, 9.17) is 4.84 Å². The Bertz CT molecular complexity index is 1270. The van der Waals surface area contributed by atoms with Crippen molar-refractivity contribution in [2.75, 3.05) is 20.1 Å². The number of halogens is 2. The first-order valence-electron chi connectivity index (χ1n) is 11.4. The average molecular weight is 466 g/mol. The lowest BCUT2D eigenvalue weighted by Crippen LogP contribution is -2.33. The van der Waals surface area contributed by atoms with Crippen molar-refractivity contribution in [2.45, 2.75) is 39.7 Å². The van der Waals surface area contributed by atoms with Crippen molar-refractivity contribution >= 4 is 5.71 Å². The van der Waals surface area contributed by atoms with E-state index < -0.39 is 11.6 Å².